The summed E-state index contributed by atoms with van der Waals surface area (Å²) >= 11 is 3.36. The quantitative estimate of drug-likeness (QED) is 0.310. The van der Waals surface area contributed by atoms with Crippen LogP contribution in [0, 0.1) is 6.92 Å². The molecule has 0 spiro atoms. The van der Waals surface area contributed by atoms with Crippen LogP contribution in [-0.4, -0.2) is 59.8 Å². The van der Waals surface area contributed by atoms with Crippen molar-refractivity contribution < 1.29 is 26.4 Å². The molecule has 0 aliphatic carbocycles. The highest BCUT2D eigenvalue weighted by Gasteiger charge is 2.28. The number of ether oxygens (including phenoxy) is 1. The van der Waals surface area contributed by atoms with Crippen LogP contribution < -0.4 is 14.4 Å². The predicted molar refractivity (Wildman–Crippen MR) is 157 cm³/mol. The molecule has 1 heterocycles. The van der Waals surface area contributed by atoms with Crippen LogP contribution in [0.2, 0.25) is 0 Å². The number of aryl methyl sites for hydroxylation is 1. The third kappa shape index (κ3) is 7.42. The number of amides is 1. The molecule has 0 atom stereocenters. The van der Waals surface area contributed by atoms with E-state index in [-0.39, 0.29) is 22.9 Å². The molecule has 0 radical (unpaired) electrons. The van der Waals surface area contributed by atoms with E-state index < -0.39 is 32.5 Å². The molecule has 0 aromatic heterocycles. The average Bonchev–Trinajstić information content (AvgIpc) is 2.95. The number of hydrogen-bond acceptors (Lipinski definition) is 6. The minimum absolute atomic E-state index is 0.0833. The maximum atomic E-state index is 13.5. The molecule has 0 bridgehead atoms. The molecule has 1 saturated heterocycles. The van der Waals surface area contributed by atoms with Crippen LogP contribution in [0.3, 0.4) is 0 Å². The van der Waals surface area contributed by atoms with Crippen molar-refractivity contribution in [2.45, 2.75) is 36.0 Å². The van der Waals surface area contributed by atoms with E-state index in [0.717, 1.165) is 29.1 Å². The zero-order valence-corrected chi connectivity index (χ0v) is 25.3. The largest absolute Gasteiger partial charge is 0.492 e. The van der Waals surface area contributed by atoms with Crippen LogP contribution in [0.15, 0.2) is 87.1 Å². The molecule has 1 aliphatic heterocycles. The fourth-order valence-electron chi connectivity index (χ4n) is 4.29. The third-order valence-electron chi connectivity index (χ3n) is 6.46. The molecule has 40 heavy (non-hydrogen) atoms. The van der Waals surface area contributed by atoms with Crippen molar-refractivity contribution in [2.24, 2.45) is 0 Å². The van der Waals surface area contributed by atoms with Gasteiger partial charge in [0.15, 0.2) is 0 Å². The van der Waals surface area contributed by atoms with Gasteiger partial charge in [0.1, 0.15) is 18.9 Å². The molecule has 9 nitrogen and oxygen atoms in total. The van der Waals surface area contributed by atoms with Gasteiger partial charge in [-0.25, -0.2) is 16.8 Å². The number of rotatable bonds is 11. The van der Waals surface area contributed by atoms with Crippen LogP contribution in [0.1, 0.15) is 24.8 Å². The van der Waals surface area contributed by atoms with Gasteiger partial charge < -0.3 is 10.1 Å². The minimum Gasteiger partial charge on any atom is -0.492 e. The summed E-state index contributed by atoms with van der Waals surface area (Å²) in [5.41, 5.74) is 1.27. The number of nitrogens with one attached hydrogen (secondary N) is 1. The first kappa shape index (κ1) is 30.0. The number of carbonyl (C=O) groups is 1. The van der Waals surface area contributed by atoms with Gasteiger partial charge in [-0.05, 0) is 74.4 Å². The molecule has 4 rings (SSSR count). The van der Waals surface area contributed by atoms with Gasteiger partial charge in [0.05, 0.1) is 22.0 Å². The lowest BCUT2D eigenvalue weighted by molar-refractivity contribution is -0.119. The average molecular weight is 651 g/mol. The van der Waals surface area contributed by atoms with Gasteiger partial charge in [0.2, 0.25) is 15.9 Å². The minimum atomic E-state index is -4.01. The summed E-state index contributed by atoms with van der Waals surface area (Å²) in [4.78, 5) is 13.1. The lowest BCUT2D eigenvalue weighted by Gasteiger charge is -2.25. The first-order valence-electron chi connectivity index (χ1n) is 12.9. The van der Waals surface area contributed by atoms with Crippen molar-refractivity contribution in [1.29, 1.82) is 0 Å². The van der Waals surface area contributed by atoms with E-state index in [1.54, 1.807) is 48.5 Å². The number of hydrogen-bond donors (Lipinski definition) is 1. The lowest BCUT2D eigenvalue weighted by atomic mass is 10.2. The number of piperidine rings is 1. The molecule has 1 aliphatic rings. The Morgan fingerprint density at radius 1 is 0.925 bits per heavy atom. The van der Waals surface area contributed by atoms with Crippen molar-refractivity contribution in [3.63, 3.8) is 0 Å². The highest BCUT2D eigenvalue weighted by atomic mass is 79.9. The zero-order chi connectivity index (χ0) is 28.8. The maximum absolute atomic E-state index is 13.5. The smallest absolute Gasteiger partial charge is 0.264 e. The summed E-state index contributed by atoms with van der Waals surface area (Å²) in [5.74, 6) is -0.0354. The second-order valence-electron chi connectivity index (χ2n) is 9.44. The van der Waals surface area contributed by atoms with E-state index in [1.165, 1.54) is 28.6 Å². The van der Waals surface area contributed by atoms with Gasteiger partial charge >= 0.3 is 0 Å². The van der Waals surface area contributed by atoms with Gasteiger partial charge in [-0.3, -0.25) is 9.10 Å². The van der Waals surface area contributed by atoms with Crippen molar-refractivity contribution >= 4 is 47.6 Å². The molecule has 3 aromatic carbocycles. The summed E-state index contributed by atoms with van der Waals surface area (Å²) in [6.07, 6.45) is 2.77. The SMILES string of the molecule is Cc1ccc(S(=O)(=O)N(CC(=O)NCCOc2ccc(S(=O)(=O)N3CCCCC3)cc2)c2cccc(Br)c2)cc1. The second kappa shape index (κ2) is 13.2. The van der Waals surface area contributed by atoms with Gasteiger partial charge in [-0.15, -0.1) is 0 Å². The van der Waals surface area contributed by atoms with E-state index in [1.807, 2.05) is 6.92 Å². The number of nitrogens with zero attached hydrogens (tertiary/aromatic N) is 2. The molecular formula is C28H32BrN3O6S2. The van der Waals surface area contributed by atoms with Crippen molar-refractivity contribution in [1.82, 2.24) is 9.62 Å². The molecule has 1 amide bonds. The summed E-state index contributed by atoms with van der Waals surface area (Å²) in [5, 5.41) is 2.69. The fraction of sp³-hybridized carbons (Fsp3) is 0.321. The van der Waals surface area contributed by atoms with E-state index in [4.69, 9.17) is 4.74 Å². The van der Waals surface area contributed by atoms with Gasteiger partial charge in [0, 0.05) is 17.6 Å². The normalized spacial score (nSPS) is 14.4. The van der Waals surface area contributed by atoms with Crippen molar-refractivity contribution in [3.8, 4) is 5.75 Å². The van der Waals surface area contributed by atoms with E-state index in [2.05, 4.69) is 21.2 Å². The highest BCUT2D eigenvalue weighted by molar-refractivity contribution is 9.10. The zero-order valence-electron chi connectivity index (χ0n) is 22.1. The number of benzene rings is 3. The van der Waals surface area contributed by atoms with Crippen molar-refractivity contribution in [3.05, 3.63) is 82.8 Å². The van der Waals surface area contributed by atoms with Crippen LogP contribution in [0.4, 0.5) is 5.69 Å². The summed E-state index contributed by atoms with van der Waals surface area (Å²) in [6.45, 7) is 2.76. The van der Waals surface area contributed by atoms with Gasteiger partial charge in [0.25, 0.3) is 10.0 Å². The summed E-state index contributed by atoms with van der Waals surface area (Å²) in [6, 6.07) is 19.4. The number of carbonyl (C=O) groups excluding carboxylic acids is 1. The molecule has 0 unspecified atom stereocenters. The lowest BCUT2D eigenvalue weighted by Crippen LogP contribution is -2.41. The first-order valence-corrected chi connectivity index (χ1v) is 16.6. The summed E-state index contributed by atoms with van der Waals surface area (Å²) < 4.78 is 61.5. The van der Waals surface area contributed by atoms with Crippen LogP contribution >= 0.6 is 15.9 Å². The number of halogens is 1. The Bertz CT molecular complexity index is 1520. The Morgan fingerprint density at radius 2 is 1.57 bits per heavy atom. The standard InChI is InChI=1S/C28H32BrN3O6S2/c1-22-8-12-27(13-9-22)40(36,37)32(24-7-5-6-23(29)20-24)21-28(33)30-16-19-38-25-10-14-26(15-11-25)39(34,35)31-17-3-2-4-18-31/h5-15,20H,2-4,16-19,21H2,1H3,(H,30,33). The van der Waals surface area contributed by atoms with E-state index in [0.29, 0.717) is 29.0 Å². The van der Waals surface area contributed by atoms with Crippen LogP contribution in [0.5, 0.6) is 5.75 Å². The predicted octanol–water partition coefficient (Wildman–Crippen LogP) is 4.32. The molecule has 3 aromatic rings. The molecular weight excluding hydrogens is 618 g/mol. The maximum Gasteiger partial charge on any atom is 0.264 e. The van der Waals surface area contributed by atoms with Gasteiger partial charge in [-0.2, -0.15) is 4.31 Å². The molecule has 12 heteroatoms. The van der Waals surface area contributed by atoms with Crippen LogP contribution in [0.25, 0.3) is 0 Å². The van der Waals surface area contributed by atoms with Crippen LogP contribution in [-0.2, 0) is 24.8 Å². The second-order valence-corrected chi connectivity index (χ2v) is 14.2. The van der Waals surface area contributed by atoms with Gasteiger partial charge in [-0.1, -0.05) is 46.1 Å². The molecule has 0 saturated carbocycles. The summed E-state index contributed by atoms with van der Waals surface area (Å²) in [7, 11) is -7.54. The Kier molecular flexibility index (Phi) is 9.88. The molecule has 1 N–H and O–H groups in total. The first-order chi connectivity index (χ1) is 19.1. The Labute approximate surface area is 244 Å². The highest BCUT2D eigenvalue weighted by Crippen LogP contribution is 2.27. The third-order valence-corrected chi connectivity index (χ3v) is 10.7. The topological polar surface area (TPSA) is 113 Å². The Morgan fingerprint density at radius 3 is 2.23 bits per heavy atom. The Balaban J connectivity index is 1.35. The monoisotopic (exact) mass is 649 g/mol. The van der Waals surface area contributed by atoms with E-state index >= 15 is 0 Å². The molecule has 1 fully saturated rings. The molecule has 214 valence electrons. The van der Waals surface area contributed by atoms with Crippen molar-refractivity contribution in [2.75, 3.05) is 37.1 Å². The number of anilines is 1. The number of sulfonamides is 2. The van der Waals surface area contributed by atoms with E-state index in [9.17, 15) is 21.6 Å². The Hall–Kier alpha value is -2.93. The fourth-order valence-corrected chi connectivity index (χ4v) is 7.61.